The van der Waals surface area contributed by atoms with Gasteiger partial charge >= 0.3 is 0 Å². The van der Waals surface area contributed by atoms with Crippen LogP contribution in [0.3, 0.4) is 0 Å². The lowest BCUT2D eigenvalue weighted by Crippen LogP contribution is -2.40. The molecule has 1 aromatic carbocycles. The van der Waals surface area contributed by atoms with Gasteiger partial charge in [-0.3, -0.25) is 9.69 Å². The highest BCUT2D eigenvalue weighted by atomic mass is 16.5. The summed E-state index contributed by atoms with van der Waals surface area (Å²) in [4.78, 5) is 14.5. The van der Waals surface area contributed by atoms with E-state index in [4.69, 9.17) is 4.74 Å². The van der Waals surface area contributed by atoms with E-state index in [1.54, 1.807) is 0 Å². The summed E-state index contributed by atoms with van der Waals surface area (Å²) in [7, 11) is 0. The molecule has 1 unspecified atom stereocenters. The Kier molecular flexibility index (Phi) is 6.87. The predicted octanol–water partition coefficient (Wildman–Crippen LogP) is 2.02. The molecule has 0 bridgehead atoms. The molecule has 4 heteroatoms. The highest BCUT2D eigenvalue weighted by molar-refractivity contribution is 5.78. The van der Waals surface area contributed by atoms with Gasteiger partial charge in [0.05, 0.1) is 19.6 Å². The van der Waals surface area contributed by atoms with E-state index in [-0.39, 0.29) is 11.9 Å². The van der Waals surface area contributed by atoms with Crippen LogP contribution in [0.5, 0.6) is 0 Å². The maximum Gasteiger partial charge on any atom is 0.224 e. The third-order valence-electron chi connectivity index (χ3n) is 4.19. The van der Waals surface area contributed by atoms with Gasteiger partial charge in [-0.25, -0.2) is 0 Å². The molecule has 22 heavy (non-hydrogen) atoms. The number of hydrogen-bond donors (Lipinski definition) is 1. The van der Waals surface area contributed by atoms with Crippen molar-refractivity contribution in [3.8, 4) is 0 Å². The van der Waals surface area contributed by atoms with Crippen LogP contribution in [0.1, 0.15) is 31.4 Å². The van der Waals surface area contributed by atoms with Crippen LogP contribution in [0.4, 0.5) is 0 Å². The number of ether oxygens (including phenoxy) is 1. The summed E-state index contributed by atoms with van der Waals surface area (Å²) < 4.78 is 5.34. The second-order valence-corrected chi connectivity index (χ2v) is 6.06. The number of morpholine rings is 1. The van der Waals surface area contributed by atoms with Gasteiger partial charge in [-0.15, -0.1) is 0 Å². The van der Waals surface area contributed by atoms with E-state index in [9.17, 15) is 4.79 Å². The van der Waals surface area contributed by atoms with E-state index in [2.05, 4.69) is 48.3 Å². The van der Waals surface area contributed by atoms with Crippen molar-refractivity contribution in [3.63, 3.8) is 0 Å². The molecule has 1 N–H and O–H groups in total. The molecule has 0 spiro atoms. The average Bonchev–Trinajstić information content (AvgIpc) is 2.54. The van der Waals surface area contributed by atoms with Crippen LogP contribution in [0.2, 0.25) is 0 Å². The molecule has 0 aromatic heterocycles. The standard InChI is InChI=1S/C18H28N2O2/c1-3-16-4-6-17(7-5-16)14-18(21)19-15(2)8-9-20-10-12-22-13-11-20/h4-7,15H,3,8-14H2,1-2H3,(H,19,21). The fourth-order valence-electron chi connectivity index (χ4n) is 2.68. The van der Waals surface area contributed by atoms with Crippen LogP contribution in [0.15, 0.2) is 24.3 Å². The molecule has 1 aliphatic heterocycles. The third-order valence-corrected chi connectivity index (χ3v) is 4.19. The molecule has 1 atom stereocenters. The number of nitrogens with one attached hydrogen (secondary N) is 1. The number of amides is 1. The first-order valence-electron chi connectivity index (χ1n) is 8.34. The van der Waals surface area contributed by atoms with Gasteiger partial charge in [0.15, 0.2) is 0 Å². The number of benzene rings is 1. The number of carbonyl (C=O) groups excluding carboxylic acids is 1. The van der Waals surface area contributed by atoms with Crippen molar-refractivity contribution in [3.05, 3.63) is 35.4 Å². The second kappa shape index (κ2) is 8.91. The Morgan fingerprint density at radius 2 is 1.86 bits per heavy atom. The fourth-order valence-corrected chi connectivity index (χ4v) is 2.68. The number of aryl methyl sites for hydroxylation is 1. The zero-order valence-corrected chi connectivity index (χ0v) is 13.8. The summed E-state index contributed by atoms with van der Waals surface area (Å²) in [6.07, 6.45) is 2.48. The molecule has 1 fully saturated rings. The van der Waals surface area contributed by atoms with Crippen molar-refractivity contribution >= 4 is 5.91 Å². The Morgan fingerprint density at radius 1 is 1.23 bits per heavy atom. The molecule has 1 saturated heterocycles. The zero-order valence-electron chi connectivity index (χ0n) is 13.8. The summed E-state index contributed by atoms with van der Waals surface area (Å²) in [5, 5.41) is 3.10. The molecule has 1 amide bonds. The third kappa shape index (κ3) is 5.78. The largest absolute Gasteiger partial charge is 0.379 e. The number of carbonyl (C=O) groups is 1. The lowest BCUT2D eigenvalue weighted by Gasteiger charge is -2.27. The van der Waals surface area contributed by atoms with Crippen molar-refractivity contribution in [1.82, 2.24) is 10.2 Å². The molecule has 1 aliphatic rings. The van der Waals surface area contributed by atoms with Gasteiger partial charge in [-0.1, -0.05) is 31.2 Å². The van der Waals surface area contributed by atoms with Crippen molar-refractivity contribution in [2.45, 2.75) is 39.2 Å². The average molecular weight is 304 g/mol. The molecule has 2 rings (SSSR count). The zero-order chi connectivity index (χ0) is 15.8. The van der Waals surface area contributed by atoms with Crippen LogP contribution >= 0.6 is 0 Å². The summed E-state index contributed by atoms with van der Waals surface area (Å²) in [5.74, 6) is 0.110. The fraction of sp³-hybridized carbons (Fsp3) is 0.611. The minimum Gasteiger partial charge on any atom is -0.379 e. The van der Waals surface area contributed by atoms with Gasteiger partial charge in [-0.2, -0.15) is 0 Å². The Hall–Kier alpha value is -1.39. The van der Waals surface area contributed by atoms with Gasteiger partial charge in [0.25, 0.3) is 0 Å². The van der Waals surface area contributed by atoms with Gasteiger partial charge in [-0.05, 0) is 30.9 Å². The Balaban J connectivity index is 1.68. The second-order valence-electron chi connectivity index (χ2n) is 6.06. The highest BCUT2D eigenvalue weighted by Gasteiger charge is 2.13. The van der Waals surface area contributed by atoms with Crippen molar-refractivity contribution < 1.29 is 9.53 Å². The molecular weight excluding hydrogens is 276 g/mol. The van der Waals surface area contributed by atoms with Crippen LogP contribution in [-0.4, -0.2) is 49.7 Å². The van der Waals surface area contributed by atoms with Gasteiger partial charge in [0.1, 0.15) is 0 Å². The highest BCUT2D eigenvalue weighted by Crippen LogP contribution is 2.06. The molecule has 0 saturated carbocycles. The Labute approximate surface area is 133 Å². The van der Waals surface area contributed by atoms with E-state index in [0.717, 1.165) is 51.3 Å². The van der Waals surface area contributed by atoms with Gasteiger partial charge in [0, 0.05) is 25.7 Å². The van der Waals surface area contributed by atoms with Crippen molar-refractivity contribution in [2.24, 2.45) is 0 Å². The smallest absolute Gasteiger partial charge is 0.224 e. The first-order chi connectivity index (χ1) is 10.7. The van der Waals surface area contributed by atoms with Crippen LogP contribution in [0, 0.1) is 0 Å². The Bertz CT molecular complexity index is 453. The quantitative estimate of drug-likeness (QED) is 0.838. The van der Waals surface area contributed by atoms with Crippen LogP contribution in [0.25, 0.3) is 0 Å². The van der Waals surface area contributed by atoms with E-state index < -0.39 is 0 Å². The van der Waals surface area contributed by atoms with E-state index >= 15 is 0 Å². The minimum absolute atomic E-state index is 0.110. The van der Waals surface area contributed by atoms with Crippen LogP contribution in [-0.2, 0) is 22.4 Å². The number of rotatable bonds is 7. The van der Waals surface area contributed by atoms with E-state index in [1.807, 2.05) is 0 Å². The number of hydrogen-bond acceptors (Lipinski definition) is 3. The van der Waals surface area contributed by atoms with E-state index in [1.165, 1.54) is 5.56 Å². The van der Waals surface area contributed by atoms with Crippen molar-refractivity contribution in [2.75, 3.05) is 32.8 Å². The maximum absolute atomic E-state index is 12.1. The predicted molar refractivity (Wildman–Crippen MR) is 89.0 cm³/mol. The Morgan fingerprint density at radius 3 is 2.50 bits per heavy atom. The van der Waals surface area contributed by atoms with Gasteiger partial charge in [0.2, 0.25) is 5.91 Å². The summed E-state index contributed by atoms with van der Waals surface area (Å²) >= 11 is 0. The molecular formula is C18H28N2O2. The monoisotopic (exact) mass is 304 g/mol. The topological polar surface area (TPSA) is 41.6 Å². The first-order valence-corrected chi connectivity index (χ1v) is 8.34. The molecule has 122 valence electrons. The summed E-state index contributed by atoms with van der Waals surface area (Å²) in [6, 6.07) is 8.52. The number of nitrogens with zero attached hydrogens (tertiary/aromatic N) is 1. The molecule has 1 aromatic rings. The minimum atomic E-state index is 0.110. The lowest BCUT2D eigenvalue weighted by atomic mass is 10.1. The normalized spacial score (nSPS) is 17.2. The maximum atomic E-state index is 12.1. The van der Waals surface area contributed by atoms with Gasteiger partial charge < -0.3 is 10.1 Å². The van der Waals surface area contributed by atoms with E-state index in [0.29, 0.717) is 6.42 Å². The van der Waals surface area contributed by atoms with Crippen LogP contribution < -0.4 is 5.32 Å². The molecule has 1 heterocycles. The molecule has 4 nitrogen and oxygen atoms in total. The molecule has 0 radical (unpaired) electrons. The SMILES string of the molecule is CCc1ccc(CC(=O)NC(C)CCN2CCOCC2)cc1. The molecule has 0 aliphatic carbocycles. The summed E-state index contributed by atoms with van der Waals surface area (Å²) in [6.45, 7) is 8.91. The lowest BCUT2D eigenvalue weighted by molar-refractivity contribution is -0.121. The summed E-state index contributed by atoms with van der Waals surface area (Å²) in [5.41, 5.74) is 2.39. The van der Waals surface area contributed by atoms with Crippen molar-refractivity contribution in [1.29, 1.82) is 0 Å². The first kappa shape index (κ1) is 17.0.